The molecule has 0 bridgehead atoms. The molecule has 0 radical (unpaired) electrons. The fourth-order valence-corrected chi connectivity index (χ4v) is 1.16. The number of anilines is 1. The SMILES string of the molecule is CC(C)(CN)C(=O)Nc1cccc(OC(F)(F)F)c1.Cl. The van der Waals surface area contributed by atoms with Gasteiger partial charge in [0.05, 0.1) is 5.41 Å². The lowest BCUT2D eigenvalue weighted by molar-refractivity contribution is -0.274. The van der Waals surface area contributed by atoms with Crippen molar-refractivity contribution in [3.8, 4) is 5.75 Å². The summed E-state index contributed by atoms with van der Waals surface area (Å²) in [7, 11) is 0. The third-order valence-corrected chi connectivity index (χ3v) is 2.45. The summed E-state index contributed by atoms with van der Waals surface area (Å²) in [5, 5.41) is 2.49. The fourth-order valence-electron chi connectivity index (χ4n) is 1.16. The largest absolute Gasteiger partial charge is 0.573 e. The van der Waals surface area contributed by atoms with Gasteiger partial charge in [-0.05, 0) is 26.0 Å². The van der Waals surface area contributed by atoms with Crippen LogP contribution in [0.1, 0.15) is 13.8 Å². The quantitative estimate of drug-likeness (QED) is 0.898. The Morgan fingerprint density at radius 2 is 1.95 bits per heavy atom. The van der Waals surface area contributed by atoms with Gasteiger partial charge in [0.25, 0.3) is 0 Å². The number of amides is 1. The van der Waals surface area contributed by atoms with Gasteiger partial charge in [0.1, 0.15) is 5.75 Å². The molecular weight excluding hydrogens is 297 g/mol. The van der Waals surface area contributed by atoms with Gasteiger partial charge in [0.15, 0.2) is 0 Å². The highest BCUT2D eigenvalue weighted by molar-refractivity contribution is 5.95. The number of hydrogen-bond donors (Lipinski definition) is 2. The molecule has 1 aromatic carbocycles. The Morgan fingerprint density at radius 1 is 1.35 bits per heavy atom. The van der Waals surface area contributed by atoms with Crippen LogP contribution in [0.25, 0.3) is 0 Å². The van der Waals surface area contributed by atoms with E-state index in [1.807, 2.05) is 0 Å². The smallest absolute Gasteiger partial charge is 0.406 e. The zero-order valence-electron chi connectivity index (χ0n) is 11.0. The zero-order chi connectivity index (χ0) is 14.7. The summed E-state index contributed by atoms with van der Waals surface area (Å²) in [5.74, 6) is -0.769. The normalized spacial score (nSPS) is 11.5. The Morgan fingerprint density at radius 3 is 2.45 bits per heavy atom. The maximum atomic E-state index is 12.1. The first-order chi connectivity index (χ1) is 8.64. The highest BCUT2D eigenvalue weighted by atomic mass is 35.5. The average Bonchev–Trinajstić information content (AvgIpc) is 2.27. The molecule has 0 saturated carbocycles. The van der Waals surface area contributed by atoms with Crippen LogP contribution in [0.3, 0.4) is 0 Å². The minimum Gasteiger partial charge on any atom is -0.406 e. The summed E-state index contributed by atoms with van der Waals surface area (Å²) >= 11 is 0. The molecule has 1 amide bonds. The van der Waals surface area contributed by atoms with Gasteiger partial charge >= 0.3 is 6.36 Å². The average molecular weight is 313 g/mol. The number of halogens is 4. The van der Waals surface area contributed by atoms with Crippen LogP contribution in [0.4, 0.5) is 18.9 Å². The molecule has 0 aliphatic carbocycles. The molecule has 0 spiro atoms. The van der Waals surface area contributed by atoms with Crippen LogP contribution in [0.15, 0.2) is 24.3 Å². The minimum atomic E-state index is -4.76. The lowest BCUT2D eigenvalue weighted by atomic mass is 9.92. The van der Waals surface area contributed by atoms with Crippen molar-refractivity contribution in [3.63, 3.8) is 0 Å². The molecule has 0 aliphatic heterocycles. The summed E-state index contributed by atoms with van der Waals surface area (Å²) in [6.07, 6.45) is -4.76. The Balaban J connectivity index is 0.00000361. The number of rotatable bonds is 4. The van der Waals surface area contributed by atoms with Gasteiger partial charge in [-0.2, -0.15) is 0 Å². The number of carbonyl (C=O) groups excluding carboxylic acids is 1. The molecule has 20 heavy (non-hydrogen) atoms. The van der Waals surface area contributed by atoms with Crippen molar-refractivity contribution < 1.29 is 22.7 Å². The first kappa shape index (κ1) is 18.5. The molecule has 0 saturated heterocycles. The first-order valence-corrected chi connectivity index (χ1v) is 5.51. The van der Waals surface area contributed by atoms with Crippen molar-refractivity contribution in [2.45, 2.75) is 20.2 Å². The molecule has 1 rings (SSSR count). The van der Waals surface area contributed by atoms with Crippen LogP contribution < -0.4 is 15.8 Å². The molecule has 114 valence electrons. The standard InChI is InChI=1S/C12H15F3N2O2.ClH/c1-11(2,7-16)10(18)17-8-4-3-5-9(6-8)19-12(13,14)15;/h3-6H,7,16H2,1-2H3,(H,17,18);1H. The zero-order valence-corrected chi connectivity index (χ0v) is 11.8. The second-order valence-electron chi connectivity index (χ2n) is 4.62. The van der Waals surface area contributed by atoms with Crippen LogP contribution in [0.2, 0.25) is 0 Å². The van der Waals surface area contributed by atoms with E-state index in [0.717, 1.165) is 12.1 Å². The van der Waals surface area contributed by atoms with Crippen molar-refractivity contribution >= 4 is 24.0 Å². The number of hydrogen-bond acceptors (Lipinski definition) is 3. The van der Waals surface area contributed by atoms with E-state index in [1.54, 1.807) is 13.8 Å². The predicted octanol–water partition coefficient (Wildman–Crippen LogP) is 2.93. The first-order valence-electron chi connectivity index (χ1n) is 5.51. The highest BCUT2D eigenvalue weighted by Gasteiger charge is 2.31. The molecule has 4 nitrogen and oxygen atoms in total. The number of nitrogens with one attached hydrogen (secondary N) is 1. The lowest BCUT2D eigenvalue weighted by Crippen LogP contribution is -2.37. The fraction of sp³-hybridized carbons (Fsp3) is 0.417. The number of carbonyl (C=O) groups is 1. The van der Waals surface area contributed by atoms with E-state index in [9.17, 15) is 18.0 Å². The molecule has 0 aromatic heterocycles. The summed E-state index contributed by atoms with van der Waals surface area (Å²) in [6.45, 7) is 3.40. The Labute approximate surface area is 120 Å². The van der Waals surface area contributed by atoms with E-state index in [4.69, 9.17) is 5.73 Å². The van der Waals surface area contributed by atoms with Crippen molar-refractivity contribution in [1.29, 1.82) is 0 Å². The van der Waals surface area contributed by atoms with E-state index < -0.39 is 17.5 Å². The van der Waals surface area contributed by atoms with Crippen molar-refractivity contribution in [2.75, 3.05) is 11.9 Å². The third kappa shape index (κ3) is 5.66. The summed E-state index contributed by atoms with van der Waals surface area (Å²) in [4.78, 5) is 11.8. The van der Waals surface area contributed by atoms with Gasteiger partial charge in [-0.1, -0.05) is 6.07 Å². The summed E-state index contributed by atoms with van der Waals surface area (Å²) in [6, 6.07) is 5.06. The molecule has 0 aliphatic rings. The third-order valence-electron chi connectivity index (χ3n) is 2.45. The second-order valence-corrected chi connectivity index (χ2v) is 4.62. The molecule has 0 heterocycles. The van der Waals surface area contributed by atoms with Crippen LogP contribution in [-0.4, -0.2) is 18.8 Å². The number of nitrogens with two attached hydrogens (primary N) is 1. The summed E-state index contributed by atoms with van der Waals surface area (Å²) in [5.41, 5.74) is 4.85. The molecule has 8 heteroatoms. The summed E-state index contributed by atoms with van der Waals surface area (Å²) < 4.78 is 39.9. The van der Waals surface area contributed by atoms with Gasteiger partial charge in [0, 0.05) is 18.3 Å². The van der Waals surface area contributed by atoms with Crippen LogP contribution >= 0.6 is 12.4 Å². The number of ether oxygens (including phenoxy) is 1. The second kappa shape index (κ2) is 6.81. The lowest BCUT2D eigenvalue weighted by Gasteiger charge is -2.21. The van der Waals surface area contributed by atoms with Crippen molar-refractivity contribution in [2.24, 2.45) is 11.1 Å². The molecular formula is C12H16ClF3N2O2. The van der Waals surface area contributed by atoms with Gasteiger partial charge < -0.3 is 15.8 Å². The topological polar surface area (TPSA) is 64.4 Å². The van der Waals surface area contributed by atoms with Gasteiger partial charge in [-0.25, -0.2) is 0 Å². The Kier molecular flexibility index (Phi) is 6.31. The predicted molar refractivity (Wildman–Crippen MR) is 71.8 cm³/mol. The van der Waals surface area contributed by atoms with E-state index in [1.165, 1.54) is 12.1 Å². The van der Waals surface area contributed by atoms with Gasteiger partial charge in [-0.15, -0.1) is 25.6 Å². The van der Waals surface area contributed by atoms with E-state index in [2.05, 4.69) is 10.1 Å². The molecule has 1 aromatic rings. The van der Waals surface area contributed by atoms with E-state index in [-0.39, 0.29) is 30.5 Å². The molecule has 0 unspecified atom stereocenters. The maximum absolute atomic E-state index is 12.1. The van der Waals surface area contributed by atoms with Crippen LogP contribution in [-0.2, 0) is 4.79 Å². The number of benzene rings is 1. The monoisotopic (exact) mass is 312 g/mol. The molecule has 0 fully saturated rings. The molecule has 0 atom stereocenters. The Hall–Kier alpha value is -1.47. The van der Waals surface area contributed by atoms with Crippen LogP contribution in [0.5, 0.6) is 5.75 Å². The number of alkyl halides is 3. The van der Waals surface area contributed by atoms with Crippen molar-refractivity contribution in [1.82, 2.24) is 0 Å². The highest BCUT2D eigenvalue weighted by Crippen LogP contribution is 2.26. The van der Waals surface area contributed by atoms with Gasteiger partial charge in [0.2, 0.25) is 5.91 Å². The van der Waals surface area contributed by atoms with Gasteiger partial charge in [-0.3, -0.25) is 4.79 Å². The van der Waals surface area contributed by atoms with E-state index >= 15 is 0 Å². The Bertz CT molecular complexity index is 464. The maximum Gasteiger partial charge on any atom is 0.573 e. The van der Waals surface area contributed by atoms with Crippen LogP contribution in [0, 0.1) is 5.41 Å². The van der Waals surface area contributed by atoms with Crippen molar-refractivity contribution in [3.05, 3.63) is 24.3 Å². The minimum absolute atomic E-state index is 0. The molecule has 3 N–H and O–H groups in total. The van der Waals surface area contributed by atoms with E-state index in [0.29, 0.717) is 0 Å².